The van der Waals surface area contributed by atoms with Crippen LogP contribution in [0.3, 0.4) is 0 Å². The van der Waals surface area contributed by atoms with Crippen molar-refractivity contribution in [1.29, 1.82) is 0 Å². The Labute approximate surface area is 118 Å². The third-order valence-corrected chi connectivity index (χ3v) is 3.61. The molecular weight excluding hydrogens is 256 g/mol. The van der Waals surface area contributed by atoms with Crippen LogP contribution in [0, 0.1) is 11.8 Å². The van der Waals surface area contributed by atoms with E-state index < -0.39 is 5.54 Å². The molecule has 2 unspecified atom stereocenters. The molecule has 0 saturated carbocycles. The average molecular weight is 274 g/mol. The minimum Gasteiger partial charge on any atom is -0.384 e. The Hall–Kier alpha value is -1.90. The molecule has 1 saturated heterocycles. The second-order valence-corrected chi connectivity index (χ2v) is 4.99. The van der Waals surface area contributed by atoms with E-state index in [-0.39, 0.29) is 24.3 Å². The van der Waals surface area contributed by atoms with Crippen molar-refractivity contribution in [2.24, 2.45) is 0 Å². The number of nitrogens with zero attached hydrogens (tertiary/aromatic N) is 1. The Morgan fingerprint density at radius 2 is 2.50 bits per heavy atom. The fourth-order valence-electron chi connectivity index (χ4n) is 2.14. The molecule has 2 heterocycles. The Kier molecular flexibility index (Phi) is 4.38. The number of aliphatic hydroxyl groups is 1. The molecule has 1 aliphatic rings. The number of amides is 1. The number of rotatable bonds is 2. The van der Waals surface area contributed by atoms with E-state index in [1.807, 2.05) is 13.8 Å². The van der Waals surface area contributed by atoms with Gasteiger partial charge in [-0.1, -0.05) is 11.8 Å². The van der Waals surface area contributed by atoms with Crippen LogP contribution in [0.15, 0.2) is 18.3 Å². The first-order chi connectivity index (χ1) is 9.57. The van der Waals surface area contributed by atoms with Crippen molar-refractivity contribution in [3.05, 3.63) is 29.6 Å². The van der Waals surface area contributed by atoms with Crippen molar-refractivity contribution in [2.45, 2.75) is 31.9 Å². The fraction of sp³-hybridized carbons (Fsp3) is 0.467. The standard InChI is InChI=1S/C15H18N2O3/c1-11-15(2,7-10-20-11)17-14(19)13-12(6-4-9-18)5-3-8-16-13/h3,5,8,11,18H,7,9-10H2,1-2H3,(H,17,19). The Balaban J connectivity index is 2.21. The predicted octanol–water partition coefficient (Wildman–Crippen LogP) is 0.723. The van der Waals surface area contributed by atoms with Gasteiger partial charge in [0.05, 0.1) is 17.2 Å². The normalized spacial score (nSPS) is 24.9. The minimum atomic E-state index is -0.393. The van der Waals surface area contributed by atoms with Gasteiger partial charge in [-0.15, -0.1) is 0 Å². The molecule has 106 valence electrons. The highest BCUT2D eigenvalue weighted by Gasteiger charge is 2.38. The summed E-state index contributed by atoms with van der Waals surface area (Å²) in [5.41, 5.74) is 0.388. The number of pyridine rings is 1. The van der Waals surface area contributed by atoms with E-state index in [0.29, 0.717) is 12.2 Å². The molecule has 5 heteroatoms. The maximum Gasteiger partial charge on any atom is 0.271 e. The number of aromatic nitrogens is 1. The highest BCUT2D eigenvalue weighted by molar-refractivity contribution is 5.95. The van der Waals surface area contributed by atoms with E-state index in [1.165, 1.54) is 0 Å². The summed E-state index contributed by atoms with van der Waals surface area (Å²) in [6.45, 7) is 4.29. The molecule has 1 fully saturated rings. The van der Waals surface area contributed by atoms with Gasteiger partial charge >= 0.3 is 0 Å². The molecular formula is C15H18N2O3. The molecule has 1 aromatic heterocycles. The molecule has 1 amide bonds. The first kappa shape index (κ1) is 14.5. The number of ether oxygens (including phenoxy) is 1. The zero-order valence-electron chi connectivity index (χ0n) is 11.6. The number of carbonyl (C=O) groups excluding carboxylic acids is 1. The van der Waals surface area contributed by atoms with Crippen LogP contribution in [0.5, 0.6) is 0 Å². The van der Waals surface area contributed by atoms with Crippen LogP contribution in [-0.2, 0) is 4.74 Å². The van der Waals surface area contributed by atoms with Gasteiger partial charge in [-0.2, -0.15) is 0 Å². The van der Waals surface area contributed by atoms with Crippen molar-refractivity contribution < 1.29 is 14.6 Å². The lowest BCUT2D eigenvalue weighted by molar-refractivity contribution is 0.0724. The predicted molar refractivity (Wildman–Crippen MR) is 74.1 cm³/mol. The molecule has 0 radical (unpaired) electrons. The lowest BCUT2D eigenvalue weighted by Gasteiger charge is -2.28. The minimum absolute atomic E-state index is 0.0397. The quantitative estimate of drug-likeness (QED) is 0.780. The van der Waals surface area contributed by atoms with Crippen LogP contribution in [0.1, 0.15) is 36.3 Å². The first-order valence-electron chi connectivity index (χ1n) is 6.56. The maximum absolute atomic E-state index is 12.4. The van der Waals surface area contributed by atoms with Crippen LogP contribution in [-0.4, -0.2) is 40.9 Å². The Morgan fingerprint density at radius 1 is 1.70 bits per heavy atom. The monoisotopic (exact) mass is 274 g/mol. The summed E-state index contributed by atoms with van der Waals surface area (Å²) in [5, 5.41) is 11.7. The molecule has 0 aromatic carbocycles. The summed E-state index contributed by atoms with van der Waals surface area (Å²) in [7, 11) is 0. The van der Waals surface area contributed by atoms with Gasteiger partial charge in [-0.25, -0.2) is 4.98 Å². The summed E-state index contributed by atoms with van der Waals surface area (Å²) < 4.78 is 5.50. The van der Waals surface area contributed by atoms with E-state index >= 15 is 0 Å². The summed E-state index contributed by atoms with van der Waals surface area (Å²) in [6.07, 6.45) is 2.28. The van der Waals surface area contributed by atoms with Gasteiger partial charge < -0.3 is 15.2 Å². The topological polar surface area (TPSA) is 71.5 Å². The van der Waals surface area contributed by atoms with E-state index in [2.05, 4.69) is 22.1 Å². The highest BCUT2D eigenvalue weighted by atomic mass is 16.5. The zero-order valence-corrected chi connectivity index (χ0v) is 11.6. The molecule has 2 rings (SSSR count). The molecule has 1 aliphatic heterocycles. The van der Waals surface area contributed by atoms with Crippen molar-refractivity contribution in [3.63, 3.8) is 0 Å². The molecule has 0 aliphatic carbocycles. The second kappa shape index (κ2) is 6.04. The van der Waals surface area contributed by atoms with Crippen LogP contribution < -0.4 is 5.32 Å². The summed E-state index contributed by atoms with van der Waals surface area (Å²) in [6, 6.07) is 3.42. The number of hydrogen-bond acceptors (Lipinski definition) is 4. The van der Waals surface area contributed by atoms with Crippen LogP contribution in [0.4, 0.5) is 0 Å². The second-order valence-electron chi connectivity index (χ2n) is 4.99. The van der Waals surface area contributed by atoms with Gasteiger partial charge in [-0.05, 0) is 32.4 Å². The molecule has 5 nitrogen and oxygen atoms in total. The van der Waals surface area contributed by atoms with Crippen LogP contribution >= 0.6 is 0 Å². The van der Waals surface area contributed by atoms with Crippen LogP contribution in [0.25, 0.3) is 0 Å². The van der Waals surface area contributed by atoms with Crippen molar-refractivity contribution >= 4 is 5.91 Å². The Morgan fingerprint density at radius 3 is 3.15 bits per heavy atom. The van der Waals surface area contributed by atoms with Gasteiger partial charge in [0.25, 0.3) is 5.91 Å². The molecule has 1 aromatic rings. The lowest BCUT2D eigenvalue weighted by atomic mass is 9.94. The molecule has 0 spiro atoms. The van der Waals surface area contributed by atoms with Gasteiger partial charge in [0.15, 0.2) is 0 Å². The third-order valence-electron chi connectivity index (χ3n) is 3.61. The molecule has 2 atom stereocenters. The number of nitrogens with one attached hydrogen (secondary N) is 1. The summed E-state index contributed by atoms with van der Waals surface area (Å²) in [4.78, 5) is 16.5. The largest absolute Gasteiger partial charge is 0.384 e. The molecule has 0 bridgehead atoms. The van der Waals surface area contributed by atoms with Gasteiger partial charge in [0, 0.05) is 12.8 Å². The van der Waals surface area contributed by atoms with Gasteiger partial charge in [-0.3, -0.25) is 4.79 Å². The Bertz CT molecular complexity index is 562. The van der Waals surface area contributed by atoms with Crippen LogP contribution in [0.2, 0.25) is 0 Å². The SMILES string of the molecule is CC1OCCC1(C)NC(=O)c1ncccc1C#CCO. The summed E-state index contributed by atoms with van der Waals surface area (Å²) in [5.74, 6) is 5.00. The van der Waals surface area contributed by atoms with Crippen molar-refractivity contribution in [1.82, 2.24) is 10.3 Å². The zero-order chi connectivity index (χ0) is 14.6. The summed E-state index contributed by atoms with van der Waals surface area (Å²) >= 11 is 0. The van der Waals surface area contributed by atoms with E-state index in [1.54, 1.807) is 18.3 Å². The first-order valence-corrected chi connectivity index (χ1v) is 6.56. The van der Waals surface area contributed by atoms with Gasteiger partial charge in [0.2, 0.25) is 0 Å². The number of aliphatic hydroxyl groups excluding tert-OH is 1. The lowest BCUT2D eigenvalue weighted by Crippen LogP contribution is -2.50. The van der Waals surface area contributed by atoms with E-state index in [9.17, 15) is 4.79 Å². The third kappa shape index (κ3) is 2.98. The fourth-order valence-corrected chi connectivity index (χ4v) is 2.14. The number of carbonyl (C=O) groups is 1. The van der Waals surface area contributed by atoms with E-state index in [0.717, 1.165) is 6.42 Å². The maximum atomic E-state index is 12.4. The molecule has 2 N–H and O–H groups in total. The molecule has 20 heavy (non-hydrogen) atoms. The highest BCUT2D eigenvalue weighted by Crippen LogP contribution is 2.25. The van der Waals surface area contributed by atoms with Gasteiger partial charge in [0.1, 0.15) is 12.3 Å². The van der Waals surface area contributed by atoms with Crippen molar-refractivity contribution in [3.8, 4) is 11.8 Å². The number of hydrogen-bond donors (Lipinski definition) is 2. The van der Waals surface area contributed by atoms with E-state index in [4.69, 9.17) is 9.84 Å². The average Bonchev–Trinajstić information content (AvgIpc) is 2.76. The van der Waals surface area contributed by atoms with Crippen molar-refractivity contribution in [2.75, 3.05) is 13.2 Å². The smallest absolute Gasteiger partial charge is 0.271 e.